The summed E-state index contributed by atoms with van der Waals surface area (Å²) in [5.41, 5.74) is 1.56. The number of carbonyl (C=O) groups is 3. The standard InChI is InChI=1S/C30H27N3O6S/c1-37-26-19-21(12-13-25(26)39-20-27(34)31-14-16-38-17-15-31)18-24-28(35)32(22-8-4-2-5-9-22)30(40)33(29(24)36)23-10-6-3-7-11-23/h2-13,18-19H,14-17,20H2,1H3. The van der Waals surface area contributed by atoms with Gasteiger partial charge in [-0.25, -0.2) is 0 Å². The number of carbonyl (C=O) groups excluding carboxylic acids is 3. The Kier molecular flexibility index (Phi) is 8.18. The van der Waals surface area contributed by atoms with Crippen LogP contribution in [0.15, 0.2) is 84.4 Å². The lowest BCUT2D eigenvalue weighted by atomic mass is 10.0. The van der Waals surface area contributed by atoms with Crippen LogP contribution in [0.4, 0.5) is 11.4 Å². The number of amides is 3. The van der Waals surface area contributed by atoms with Crippen molar-refractivity contribution in [1.82, 2.24) is 4.90 Å². The number of morpholine rings is 1. The van der Waals surface area contributed by atoms with Gasteiger partial charge >= 0.3 is 0 Å². The highest BCUT2D eigenvalue weighted by molar-refractivity contribution is 7.81. The minimum absolute atomic E-state index is 0.0656. The lowest BCUT2D eigenvalue weighted by molar-refractivity contribution is -0.137. The molecule has 3 amide bonds. The van der Waals surface area contributed by atoms with Gasteiger partial charge in [-0.3, -0.25) is 24.2 Å². The molecule has 5 rings (SSSR count). The number of anilines is 2. The minimum atomic E-state index is -0.538. The number of ether oxygens (including phenoxy) is 3. The summed E-state index contributed by atoms with van der Waals surface area (Å²) < 4.78 is 16.5. The number of rotatable bonds is 7. The first kappa shape index (κ1) is 27.0. The molecule has 3 aromatic carbocycles. The van der Waals surface area contributed by atoms with Crippen molar-refractivity contribution in [2.45, 2.75) is 0 Å². The van der Waals surface area contributed by atoms with E-state index in [4.69, 9.17) is 26.4 Å². The van der Waals surface area contributed by atoms with E-state index in [0.29, 0.717) is 54.7 Å². The quantitative estimate of drug-likeness (QED) is 0.249. The van der Waals surface area contributed by atoms with E-state index in [1.54, 1.807) is 71.6 Å². The van der Waals surface area contributed by atoms with E-state index in [9.17, 15) is 14.4 Å². The van der Waals surface area contributed by atoms with Crippen LogP contribution < -0.4 is 19.3 Å². The van der Waals surface area contributed by atoms with Crippen molar-refractivity contribution in [2.75, 3.05) is 49.8 Å². The molecule has 0 N–H and O–H groups in total. The molecule has 2 aliphatic heterocycles. The van der Waals surface area contributed by atoms with Gasteiger partial charge in [-0.05, 0) is 60.3 Å². The Morgan fingerprint density at radius 2 is 1.45 bits per heavy atom. The smallest absolute Gasteiger partial charge is 0.270 e. The van der Waals surface area contributed by atoms with Crippen LogP contribution in [-0.2, 0) is 19.1 Å². The molecule has 0 atom stereocenters. The average Bonchev–Trinajstić information content (AvgIpc) is 3.00. The first-order chi connectivity index (χ1) is 19.5. The van der Waals surface area contributed by atoms with Crippen molar-refractivity contribution in [3.8, 4) is 11.5 Å². The van der Waals surface area contributed by atoms with Crippen molar-refractivity contribution in [3.05, 3.63) is 90.0 Å². The Labute approximate surface area is 237 Å². The topological polar surface area (TPSA) is 88.6 Å². The van der Waals surface area contributed by atoms with Crippen LogP contribution in [-0.4, -0.2) is 67.8 Å². The fraction of sp³-hybridized carbons (Fsp3) is 0.200. The molecule has 2 aliphatic rings. The van der Waals surface area contributed by atoms with Gasteiger partial charge in [-0.15, -0.1) is 0 Å². The molecule has 0 bridgehead atoms. The molecule has 40 heavy (non-hydrogen) atoms. The van der Waals surface area contributed by atoms with E-state index in [-0.39, 0.29) is 23.2 Å². The Hall–Kier alpha value is -4.54. The van der Waals surface area contributed by atoms with Gasteiger partial charge in [-0.2, -0.15) is 0 Å². The van der Waals surface area contributed by atoms with Crippen LogP contribution >= 0.6 is 12.2 Å². The third kappa shape index (κ3) is 5.58. The van der Waals surface area contributed by atoms with E-state index in [2.05, 4.69) is 0 Å². The lowest BCUT2D eigenvalue weighted by Crippen LogP contribution is -2.56. The summed E-state index contributed by atoms with van der Waals surface area (Å²) in [5.74, 6) is -0.499. The summed E-state index contributed by atoms with van der Waals surface area (Å²) in [6.45, 7) is 1.91. The summed E-state index contributed by atoms with van der Waals surface area (Å²) in [5, 5.41) is 0.0656. The fourth-order valence-electron chi connectivity index (χ4n) is 4.44. The molecule has 2 fully saturated rings. The molecule has 0 radical (unpaired) electrons. The Balaban J connectivity index is 1.45. The van der Waals surface area contributed by atoms with Gasteiger partial charge in [-0.1, -0.05) is 42.5 Å². The van der Waals surface area contributed by atoms with Gasteiger partial charge in [0.1, 0.15) is 5.57 Å². The Morgan fingerprint density at radius 3 is 2.00 bits per heavy atom. The SMILES string of the molecule is COc1cc(C=C2C(=O)N(c3ccccc3)C(=S)N(c3ccccc3)C2=O)ccc1OCC(=O)N1CCOCC1. The van der Waals surface area contributed by atoms with Crippen molar-refractivity contribution in [3.63, 3.8) is 0 Å². The molecule has 3 aromatic rings. The molecule has 9 nitrogen and oxygen atoms in total. The van der Waals surface area contributed by atoms with Gasteiger partial charge in [0.05, 0.1) is 31.7 Å². The molecule has 0 spiro atoms. The van der Waals surface area contributed by atoms with Crippen LogP contribution in [0.5, 0.6) is 11.5 Å². The van der Waals surface area contributed by atoms with Gasteiger partial charge in [0, 0.05) is 13.1 Å². The maximum atomic E-state index is 13.7. The first-order valence-electron chi connectivity index (χ1n) is 12.7. The Bertz CT molecular complexity index is 1390. The summed E-state index contributed by atoms with van der Waals surface area (Å²) in [4.78, 5) is 44.3. The monoisotopic (exact) mass is 557 g/mol. The molecule has 2 heterocycles. The predicted octanol–water partition coefficient (Wildman–Crippen LogP) is 3.68. The van der Waals surface area contributed by atoms with Crippen LogP contribution in [0.1, 0.15) is 5.56 Å². The van der Waals surface area contributed by atoms with Crippen LogP contribution in [0.3, 0.4) is 0 Å². The third-order valence-corrected chi connectivity index (χ3v) is 6.86. The van der Waals surface area contributed by atoms with Crippen LogP contribution in [0, 0.1) is 0 Å². The van der Waals surface area contributed by atoms with Gasteiger partial charge in [0.15, 0.2) is 23.2 Å². The van der Waals surface area contributed by atoms with Crippen LogP contribution in [0.2, 0.25) is 0 Å². The van der Waals surface area contributed by atoms with Crippen molar-refractivity contribution >= 4 is 52.5 Å². The van der Waals surface area contributed by atoms with E-state index >= 15 is 0 Å². The molecule has 204 valence electrons. The van der Waals surface area contributed by atoms with Gasteiger partial charge in [0.2, 0.25) is 0 Å². The number of nitrogens with zero attached hydrogens (tertiary/aromatic N) is 3. The molecule has 0 unspecified atom stereocenters. The second-order valence-corrected chi connectivity index (χ2v) is 9.35. The molecular weight excluding hydrogens is 530 g/mol. The fourth-order valence-corrected chi connectivity index (χ4v) is 4.82. The number of benzene rings is 3. The zero-order chi connectivity index (χ0) is 28.1. The molecular formula is C30H27N3O6S. The second-order valence-electron chi connectivity index (χ2n) is 8.98. The molecule has 2 saturated heterocycles. The number of methoxy groups -OCH3 is 1. The highest BCUT2D eigenvalue weighted by atomic mass is 32.1. The van der Waals surface area contributed by atoms with Crippen molar-refractivity contribution < 1.29 is 28.6 Å². The van der Waals surface area contributed by atoms with Crippen molar-refractivity contribution in [1.29, 1.82) is 0 Å². The summed E-state index contributed by atoms with van der Waals surface area (Å²) in [6.07, 6.45) is 1.50. The summed E-state index contributed by atoms with van der Waals surface area (Å²) >= 11 is 5.65. The van der Waals surface area contributed by atoms with Gasteiger partial charge < -0.3 is 19.1 Å². The number of para-hydroxylation sites is 2. The number of hydrogen-bond acceptors (Lipinski definition) is 7. The zero-order valence-electron chi connectivity index (χ0n) is 21.8. The molecule has 0 aliphatic carbocycles. The van der Waals surface area contributed by atoms with Gasteiger partial charge in [0.25, 0.3) is 17.7 Å². The number of hydrogen-bond donors (Lipinski definition) is 0. The average molecular weight is 558 g/mol. The van der Waals surface area contributed by atoms with E-state index in [1.165, 1.54) is 23.0 Å². The lowest BCUT2D eigenvalue weighted by Gasteiger charge is -2.36. The second kappa shape index (κ2) is 12.1. The summed E-state index contributed by atoms with van der Waals surface area (Å²) in [7, 11) is 1.48. The highest BCUT2D eigenvalue weighted by Gasteiger charge is 2.41. The highest BCUT2D eigenvalue weighted by Crippen LogP contribution is 2.32. The normalized spacial score (nSPS) is 15.8. The number of thiocarbonyl (C=S) groups is 1. The largest absolute Gasteiger partial charge is 0.493 e. The summed E-state index contributed by atoms with van der Waals surface area (Å²) in [6, 6.07) is 22.9. The first-order valence-corrected chi connectivity index (χ1v) is 13.1. The third-order valence-electron chi connectivity index (χ3n) is 6.49. The van der Waals surface area contributed by atoms with Crippen LogP contribution in [0.25, 0.3) is 6.08 Å². The molecule has 10 heteroatoms. The van der Waals surface area contributed by atoms with Crippen molar-refractivity contribution in [2.24, 2.45) is 0 Å². The predicted molar refractivity (Wildman–Crippen MR) is 154 cm³/mol. The zero-order valence-corrected chi connectivity index (χ0v) is 22.6. The molecule has 0 aromatic heterocycles. The Morgan fingerprint density at radius 1 is 0.875 bits per heavy atom. The molecule has 0 saturated carbocycles. The minimum Gasteiger partial charge on any atom is -0.493 e. The van der Waals surface area contributed by atoms with E-state index < -0.39 is 11.8 Å². The maximum Gasteiger partial charge on any atom is 0.270 e. The van der Waals surface area contributed by atoms with E-state index in [0.717, 1.165) is 0 Å². The maximum absolute atomic E-state index is 13.7. The van der Waals surface area contributed by atoms with E-state index in [1.807, 2.05) is 12.1 Å².